The Morgan fingerprint density at radius 3 is 2.39 bits per heavy atom. The van der Waals surface area contributed by atoms with Crippen molar-refractivity contribution in [3.05, 3.63) is 36.3 Å². The maximum absolute atomic E-state index is 13.4. The van der Waals surface area contributed by atoms with Crippen molar-refractivity contribution in [1.82, 2.24) is 24.2 Å². The summed E-state index contributed by atoms with van der Waals surface area (Å²) in [6.07, 6.45) is 7.18. The van der Waals surface area contributed by atoms with Crippen LogP contribution in [-0.4, -0.2) is 64.7 Å². The van der Waals surface area contributed by atoms with Gasteiger partial charge in [-0.1, -0.05) is 32.8 Å². The van der Waals surface area contributed by atoms with E-state index in [-0.39, 0.29) is 22.6 Å². The summed E-state index contributed by atoms with van der Waals surface area (Å²) in [4.78, 5) is 27.8. The quantitative estimate of drug-likeness (QED) is 0.705. The maximum Gasteiger partial charge on any atom is 0.246 e. The molecule has 2 aromatic heterocycles. The summed E-state index contributed by atoms with van der Waals surface area (Å²) >= 11 is 0. The molecule has 4 rings (SSSR count). The summed E-state index contributed by atoms with van der Waals surface area (Å²) in [6, 6.07) is 5.45. The Labute approximate surface area is 183 Å². The van der Waals surface area contributed by atoms with Crippen molar-refractivity contribution < 1.29 is 13.2 Å². The van der Waals surface area contributed by atoms with Crippen LogP contribution in [0, 0.1) is 5.92 Å². The first-order chi connectivity index (χ1) is 14.9. The molecule has 1 aliphatic carbocycles. The molecule has 9 heteroatoms. The predicted octanol–water partition coefficient (Wildman–Crippen LogP) is 2.69. The zero-order valence-corrected chi connectivity index (χ0v) is 18.9. The average molecular weight is 444 g/mol. The Balaban J connectivity index is 1.54. The van der Waals surface area contributed by atoms with Crippen LogP contribution >= 0.6 is 0 Å². The summed E-state index contributed by atoms with van der Waals surface area (Å²) in [5.74, 6) is 0.611. The van der Waals surface area contributed by atoms with E-state index >= 15 is 0 Å². The second kappa shape index (κ2) is 9.00. The van der Waals surface area contributed by atoms with Crippen LogP contribution in [0.5, 0.6) is 0 Å². The highest BCUT2D eigenvalue weighted by Gasteiger charge is 2.35. The number of pyridine rings is 1. The van der Waals surface area contributed by atoms with Crippen LogP contribution < -0.4 is 0 Å². The summed E-state index contributed by atoms with van der Waals surface area (Å²) in [7, 11) is -3.75. The summed E-state index contributed by atoms with van der Waals surface area (Å²) in [5.41, 5.74) is 1.09. The molecule has 0 N–H and O–H groups in total. The second-order valence-electron chi connectivity index (χ2n) is 8.52. The van der Waals surface area contributed by atoms with Crippen LogP contribution in [0.15, 0.2) is 35.5 Å². The topological polar surface area (TPSA) is 96.4 Å². The first kappa shape index (κ1) is 21.8. The zero-order valence-electron chi connectivity index (χ0n) is 18.1. The van der Waals surface area contributed by atoms with Crippen LogP contribution in [0.4, 0.5) is 0 Å². The third-order valence-corrected chi connectivity index (χ3v) is 8.01. The SMILES string of the molecule is CC(C)c1nc(-c2ccccn2)ncc1S(=O)(=O)N1CCN(C(=O)C2CCCC2)CC1. The fraction of sp³-hybridized carbons (Fsp3) is 0.545. The molecule has 1 saturated heterocycles. The standard InChI is InChI=1S/C22H29N5O3S/c1-16(2)20-19(15-24-21(25-20)18-9-5-6-10-23-18)31(29,30)27-13-11-26(12-14-27)22(28)17-7-3-4-8-17/h5-6,9-10,15-17H,3-4,7-8,11-14H2,1-2H3. The van der Waals surface area contributed by atoms with Crippen LogP contribution in [0.1, 0.15) is 51.1 Å². The molecule has 8 nitrogen and oxygen atoms in total. The number of aromatic nitrogens is 3. The lowest BCUT2D eigenvalue weighted by atomic mass is 10.1. The number of carbonyl (C=O) groups excluding carboxylic acids is 1. The van der Waals surface area contributed by atoms with Gasteiger partial charge in [-0.15, -0.1) is 0 Å². The minimum atomic E-state index is -3.75. The Kier molecular flexibility index (Phi) is 6.34. The summed E-state index contributed by atoms with van der Waals surface area (Å²) in [6.45, 7) is 5.28. The van der Waals surface area contributed by atoms with E-state index in [0.29, 0.717) is 43.4 Å². The lowest BCUT2D eigenvalue weighted by Crippen LogP contribution is -2.51. The largest absolute Gasteiger partial charge is 0.340 e. The third-order valence-electron chi connectivity index (χ3n) is 6.10. The van der Waals surface area contributed by atoms with E-state index in [4.69, 9.17) is 0 Å². The molecule has 2 aromatic rings. The summed E-state index contributed by atoms with van der Waals surface area (Å²) < 4.78 is 28.3. The highest BCUT2D eigenvalue weighted by Crippen LogP contribution is 2.29. The van der Waals surface area contributed by atoms with Gasteiger partial charge in [0.25, 0.3) is 0 Å². The van der Waals surface area contributed by atoms with Crippen molar-refractivity contribution >= 4 is 15.9 Å². The summed E-state index contributed by atoms with van der Waals surface area (Å²) in [5, 5.41) is 0. The van der Waals surface area contributed by atoms with E-state index < -0.39 is 10.0 Å². The lowest BCUT2D eigenvalue weighted by molar-refractivity contribution is -0.136. The monoisotopic (exact) mass is 443 g/mol. The minimum absolute atomic E-state index is 0.0968. The smallest absolute Gasteiger partial charge is 0.246 e. The first-order valence-corrected chi connectivity index (χ1v) is 12.4. The van der Waals surface area contributed by atoms with Gasteiger partial charge in [0.15, 0.2) is 5.82 Å². The maximum atomic E-state index is 13.4. The Bertz CT molecular complexity index is 1030. The molecule has 0 unspecified atom stereocenters. The number of hydrogen-bond acceptors (Lipinski definition) is 6. The van der Waals surface area contributed by atoms with Gasteiger partial charge in [-0.05, 0) is 30.9 Å². The zero-order chi connectivity index (χ0) is 22.0. The van der Waals surface area contributed by atoms with Gasteiger partial charge < -0.3 is 4.90 Å². The number of sulfonamides is 1. The van der Waals surface area contributed by atoms with Crippen molar-refractivity contribution in [2.45, 2.75) is 50.3 Å². The fourth-order valence-corrected chi connectivity index (χ4v) is 5.99. The number of nitrogens with zero attached hydrogens (tertiary/aromatic N) is 5. The number of amides is 1. The fourth-order valence-electron chi connectivity index (χ4n) is 4.33. The molecular formula is C22H29N5O3S. The Morgan fingerprint density at radius 1 is 1.06 bits per heavy atom. The van der Waals surface area contributed by atoms with E-state index in [2.05, 4.69) is 15.0 Å². The molecule has 0 spiro atoms. The van der Waals surface area contributed by atoms with Crippen LogP contribution in [0.2, 0.25) is 0 Å². The van der Waals surface area contributed by atoms with Crippen LogP contribution in [0.25, 0.3) is 11.5 Å². The number of piperazine rings is 1. The number of carbonyl (C=O) groups is 1. The van der Waals surface area contributed by atoms with Crippen LogP contribution in [-0.2, 0) is 14.8 Å². The second-order valence-corrected chi connectivity index (χ2v) is 10.4. The van der Waals surface area contributed by atoms with Crippen molar-refractivity contribution in [3.8, 4) is 11.5 Å². The van der Waals surface area contributed by atoms with Gasteiger partial charge in [0.05, 0.1) is 11.9 Å². The lowest BCUT2D eigenvalue weighted by Gasteiger charge is -2.35. The van der Waals surface area contributed by atoms with E-state index in [1.807, 2.05) is 30.9 Å². The molecule has 3 heterocycles. The van der Waals surface area contributed by atoms with Gasteiger partial charge in [0.2, 0.25) is 15.9 Å². The van der Waals surface area contributed by atoms with Crippen LogP contribution in [0.3, 0.4) is 0 Å². The van der Waals surface area contributed by atoms with Crippen molar-refractivity contribution in [2.24, 2.45) is 5.92 Å². The van der Waals surface area contributed by atoms with E-state index in [9.17, 15) is 13.2 Å². The van der Waals surface area contributed by atoms with Gasteiger partial charge >= 0.3 is 0 Å². The van der Waals surface area contributed by atoms with Gasteiger partial charge in [-0.25, -0.2) is 18.4 Å². The Morgan fingerprint density at radius 2 is 1.77 bits per heavy atom. The van der Waals surface area contributed by atoms with Crippen molar-refractivity contribution in [1.29, 1.82) is 0 Å². The van der Waals surface area contributed by atoms with E-state index in [1.165, 1.54) is 10.5 Å². The average Bonchev–Trinajstić information content (AvgIpc) is 3.34. The van der Waals surface area contributed by atoms with Gasteiger partial charge in [0, 0.05) is 38.3 Å². The van der Waals surface area contributed by atoms with Crippen molar-refractivity contribution in [3.63, 3.8) is 0 Å². The highest BCUT2D eigenvalue weighted by molar-refractivity contribution is 7.89. The predicted molar refractivity (Wildman–Crippen MR) is 117 cm³/mol. The van der Waals surface area contributed by atoms with Gasteiger partial charge in [-0.2, -0.15) is 4.31 Å². The molecule has 0 atom stereocenters. The number of rotatable bonds is 5. The molecule has 166 valence electrons. The Hall–Kier alpha value is -2.39. The highest BCUT2D eigenvalue weighted by atomic mass is 32.2. The minimum Gasteiger partial charge on any atom is -0.340 e. The molecule has 1 aliphatic heterocycles. The van der Waals surface area contributed by atoms with Gasteiger partial charge in [-0.3, -0.25) is 9.78 Å². The molecule has 0 radical (unpaired) electrons. The van der Waals surface area contributed by atoms with E-state index in [0.717, 1.165) is 25.7 Å². The molecule has 2 aliphatic rings. The molecule has 0 bridgehead atoms. The molecule has 1 amide bonds. The first-order valence-electron chi connectivity index (χ1n) is 10.9. The van der Waals surface area contributed by atoms with Crippen molar-refractivity contribution in [2.75, 3.05) is 26.2 Å². The third kappa shape index (κ3) is 4.48. The van der Waals surface area contributed by atoms with Gasteiger partial charge in [0.1, 0.15) is 10.6 Å². The molecule has 2 fully saturated rings. The molecule has 31 heavy (non-hydrogen) atoms. The molecule has 0 aromatic carbocycles. The molecular weight excluding hydrogens is 414 g/mol. The number of hydrogen-bond donors (Lipinski definition) is 0. The van der Waals surface area contributed by atoms with E-state index in [1.54, 1.807) is 12.3 Å². The normalized spacial score (nSPS) is 18.6. The molecule has 1 saturated carbocycles.